The number of nitrogens with one attached hydrogen (secondary N) is 1. The van der Waals surface area contributed by atoms with Crippen molar-refractivity contribution >= 4 is 8.53 Å². The van der Waals surface area contributed by atoms with Crippen LogP contribution in [-0.2, 0) is 24.1 Å². The maximum atomic E-state index is 13.1. The highest BCUT2D eigenvalue weighted by Gasteiger charge is 2.43. The second-order valence-corrected chi connectivity index (χ2v) is 14.7. The molecule has 2 heterocycles. The predicted molar refractivity (Wildman–Crippen MR) is 201 cm³/mol. The number of H-pyrrole nitrogens is 1. The maximum absolute atomic E-state index is 13.1. The molecule has 5 rings (SSSR count). The molecule has 0 bridgehead atoms. The van der Waals surface area contributed by atoms with Gasteiger partial charge in [0.15, 0.2) is 0 Å². The van der Waals surface area contributed by atoms with Gasteiger partial charge in [0, 0.05) is 23.8 Å². The lowest BCUT2D eigenvalue weighted by atomic mass is 9.80. The molecule has 0 saturated carbocycles. The van der Waals surface area contributed by atoms with Gasteiger partial charge in [0.25, 0.3) is 14.1 Å². The van der Waals surface area contributed by atoms with Crippen LogP contribution in [0.2, 0.25) is 0 Å². The first-order valence-electron chi connectivity index (χ1n) is 17.7. The number of nitriles is 1. The highest BCUT2D eigenvalue weighted by molar-refractivity contribution is 7.44. The molecule has 1 aromatic heterocycles. The SMILES string of the molecule is COc1ccc(C(OC[C@H]2O[C@H](n3cc(C)c(=O)[nH]c3=O)CC[C@@H]2OP(OCCC#N)N(C(C)C)C(C)C)(c2ccccc2)c2ccccc2)cc1. The van der Waals surface area contributed by atoms with Gasteiger partial charge in [-0.2, -0.15) is 5.26 Å². The van der Waals surface area contributed by atoms with Gasteiger partial charge in [-0.1, -0.05) is 72.8 Å². The molecule has 1 unspecified atom stereocenters. The Kier molecular flexibility index (Phi) is 13.6. The van der Waals surface area contributed by atoms with E-state index in [1.165, 1.54) is 10.8 Å². The van der Waals surface area contributed by atoms with Crippen LogP contribution in [0.4, 0.5) is 0 Å². The third kappa shape index (κ3) is 8.89. The topological polar surface area (TPSA) is 128 Å². The molecule has 1 fully saturated rings. The molecule has 52 heavy (non-hydrogen) atoms. The lowest BCUT2D eigenvalue weighted by Gasteiger charge is -2.43. The minimum atomic E-state index is -1.61. The monoisotopic (exact) mass is 728 g/mol. The molecule has 4 atom stereocenters. The Morgan fingerprint density at radius 2 is 1.54 bits per heavy atom. The highest BCUT2D eigenvalue weighted by Crippen LogP contribution is 2.50. The van der Waals surface area contributed by atoms with Gasteiger partial charge >= 0.3 is 5.69 Å². The Morgan fingerprint density at radius 3 is 2.10 bits per heavy atom. The number of aromatic amines is 1. The zero-order chi connectivity index (χ0) is 37.3. The summed E-state index contributed by atoms with van der Waals surface area (Å²) in [5, 5.41) is 9.28. The third-order valence-corrected chi connectivity index (χ3v) is 11.3. The van der Waals surface area contributed by atoms with Crippen LogP contribution in [0.25, 0.3) is 0 Å². The minimum Gasteiger partial charge on any atom is -0.497 e. The Morgan fingerprint density at radius 1 is 0.942 bits per heavy atom. The molecule has 0 radical (unpaired) electrons. The number of nitrogens with zero attached hydrogens (tertiary/aromatic N) is 3. The number of aryl methyl sites for hydroxylation is 1. The summed E-state index contributed by atoms with van der Waals surface area (Å²) in [7, 11) is 0.0293. The first-order chi connectivity index (χ1) is 25.1. The Labute approximate surface area is 307 Å². The summed E-state index contributed by atoms with van der Waals surface area (Å²) < 4.78 is 36.3. The van der Waals surface area contributed by atoms with E-state index in [0.717, 1.165) is 22.4 Å². The fourth-order valence-corrected chi connectivity index (χ4v) is 8.44. The van der Waals surface area contributed by atoms with Crippen LogP contribution in [0.3, 0.4) is 0 Å². The van der Waals surface area contributed by atoms with Crippen molar-refractivity contribution in [2.75, 3.05) is 20.3 Å². The third-order valence-electron chi connectivity index (χ3n) is 9.11. The average Bonchev–Trinajstić information content (AvgIpc) is 3.15. The summed E-state index contributed by atoms with van der Waals surface area (Å²) in [6.45, 7) is 10.3. The molecule has 1 saturated heterocycles. The van der Waals surface area contributed by atoms with Gasteiger partial charge in [0.2, 0.25) is 0 Å². The Bertz CT molecular complexity index is 1830. The number of rotatable bonds is 16. The molecule has 11 nitrogen and oxygen atoms in total. The summed E-state index contributed by atoms with van der Waals surface area (Å²) in [5.41, 5.74) is 1.06. The van der Waals surface area contributed by atoms with E-state index in [0.29, 0.717) is 18.4 Å². The summed E-state index contributed by atoms with van der Waals surface area (Å²) in [5.74, 6) is 0.719. The van der Waals surface area contributed by atoms with E-state index < -0.39 is 43.8 Å². The summed E-state index contributed by atoms with van der Waals surface area (Å²) in [4.78, 5) is 27.7. The van der Waals surface area contributed by atoms with Crippen molar-refractivity contribution in [1.29, 1.82) is 5.26 Å². The van der Waals surface area contributed by atoms with Crippen LogP contribution in [0.5, 0.6) is 5.75 Å². The summed E-state index contributed by atoms with van der Waals surface area (Å²) in [6, 6.07) is 30.3. The van der Waals surface area contributed by atoms with E-state index in [2.05, 4.69) is 43.4 Å². The number of methoxy groups -OCH3 is 1. The molecule has 0 aliphatic carbocycles. The minimum absolute atomic E-state index is 0.0683. The van der Waals surface area contributed by atoms with Crippen molar-refractivity contribution in [2.24, 2.45) is 0 Å². The molecular formula is C40H49N4O7P. The van der Waals surface area contributed by atoms with E-state index in [9.17, 15) is 14.9 Å². The fraction of sp³-hybridized carbons (Fsp3) is 0.425. The van der Waals surface area contributed by atoms with Gasteiger partial charge in [-0.25, -0.2) is 9.46 Å². The van der Waals surface area contributed by atoms with Gasteiger partial charge in [0.05, 0.1) is 38.9 Å². The van der Waals surface area contributed by atoms with Crippen molar-refractivity contribution in [3.8, 4) is 11.8 Å². The maximum Gasteiger partial charge on any atom is 0.330 e. The van der Waals surface area contributed by atoms with E-state index in [1.54, 1.807) is 14.0 Å². The molecule has 0 amide bonds. The number of ether oxygens (including phenoxy) is 3. The largest absolute Gasteiger partial charge is 0.497 e. The zero-order valence-corrected chi connectivity index (χ0v) is 31.6. The number of hydrogen-bond acceptors (Lipinski definition) is 9. The Balaban J connectivity index is 1.59. The second kappa shape index (κ2) is 18.1. The van der Waals surface area contributed by atoms with Gasteiger partial charge in [-0.15, -0.1) is 0 Å². The quantitative estimate of drug-likeness (QED) is 0.0724. The summed E-state index contributed by atoms with van der Waals surface area (Å²) >= 11 is 0. The smallest absolute Gasteiger partial charge is 0.330 e. The number of hydrogen-bond donors (Lipinski definition) is 1. The second-order valence-electron chi connectivity index (χ2n) is 13.3. The lowest BCUT2D eigenvalue weighted by molar-refractivity contribution is -0.175. The molecule has 4 aromatic rings. The van der Waals surface area contributed by atoms with Crippen molar-refractivity contribution in [1.82, 2.24) is 14.2 Å². The predicted octanol–water partition coefficient (Wildman–Crippen LogP) is 7.20. The van der Waals surface area contributed by atoms with Crippen LogP contribution in [-0.4, -0.2) is 58.8 Å². The van der Waals surface area contributed by atoms with E-state index in [-0.39, 0.29) is 31.7 Å². The van der Waals surface area contributed by atoms with Gasteiger partial charge in [0.1, 0.15) is 23.7 Å². The first kappa shape index (κ1) is 39.1. The van der Waals surface area contributed by atoms with Gasteiger partial charge in [-0.3, -0.25) is 14.3 Å². The first-order valence-corrected chi connectivity index (χ1v) is 18.8. The molecule has 276 valence electrons. The van der Waals surface area contributed by atoms with Crippen LogP contribution >= 0.6 is 8.53 Å². The molecule has 1 N–H and O–H groups in total. The molecule has 3 aromatic carbocycles. The van der Waals surface area contributed by atoms with Gasteiger partial charge in [-0.05, 0) is 76.3 Å². The zero-order valence-electron chi connectivity index (χ0n) is 30.7. The number of benzene rings is 3. The number of aromatic nitrogens is 2. The van der Waals surface area contributed by atoms with Crippen molar-refractivity contribution < 1.29 is 23.3 Å². The Hall–Kier alpha value is -4.14. The van der Waals surface area contributed by atoms with Gasteiger partial charge < -0.3 is 23.3 Å². The fourth-order valence-electron chi connectivity index (χ4n) is 6.66. The van der Waals surface area contributed by atoms with Crippen LogP contribution < -0.4 is 16.0 Å². The standard InChI is InChI=1S/C40H49N4O7P/c1-28(2)44(29(3)4)52(49-25-13-24-41)51-35-22-23-37(43-26-30(5)38(45)42-39(43)46)50-36(35)27-48-40(31-14-9-7-10-15-31,32-16-11-8-12-17-32)33-18-20-34(47-6)21-19-33/h7-12,14-21,26,28-29,35-37H,13,22-23,25,27H2,1-6H3,(H,42,45,46)/t35-,36+,37-,52?/m0/s1. The van der Waals surface area contributed by atoms with Crippen LogP contribution in [0, 0.1) is 18.3 Å². The lowest BCUT2D eigenvalue weighted by Crippen LogP contribution is -2.47. The van der Waals surface area contributed by atoms with E-state index in [4.69, 9.17) is 23.3 Å². The van der Waals surface area contributed by atoms with Crippen molar-refractivity contribution in [3.63, 3.8) is 0 Å². The van der Waals surface area contributed by atoms with Crippen LogP contribution in [0.1, 0.15) is 75.4 Å². The molecule has 1 aliphatic heterocycles. The summed E-state index contributed by atoms with van der Waals surface area (Å²) in [6.07, 6.45) is 0.875. The molecule has 0 spiro atoms. The van der Waals surface area contributed by atoms with Crippen LogP contribution in [0.15, 0.2) is 101 Å². The molecule has 12 heteroatoms. The van der Waals surface area contributed by atoms with E-state index >= 15 is 0 Å². The van der Waals surface area contributed by atoms with E-state index in [1.807, 2.05) is 84.9 Å². The molecular weight excluding hydrogens is 679 g/mol. The average molecular weight is 729 g/mol. The van der Waals surface area contributed by atoms with Crippen molar-refractivity contribution in [2.45, 2.75) is 90.0 Å². The molecule has 1 aliphatic rings. The van der Waals surface area contributed by atoms with Crippen molar-refractivity contribution in [3.05, 3.63) is 134 Å². The normalized spacial score (nSPS) is 18.4. The highest BCUT2D eigenvalue weighted by atomic mass is 31.2.